The van der Waals surface area contributed by atoms with Gasteiger partial charge < -0.3 is 9.97 Å². The van der Waals surface area contributed by atoms with Gasteiger partial charge in [0.2, 0.25) is 0 Å². The summed E-state index contributed by atoms with van der Waals surface area (Å²) < 4.78 is 0. The number of aromatic nitrogens is 4. The van der Waals surface area contributed by atoms with Crippen molar-refractivity contribution in [2.24, 2.45) is 0 Å². The second-order valence-corrected chi connectivity index (χ2v) is 16.2. The molecule has 4 nitrogen and oxygen atoms in total. The average molecular weight is 769 g/mol. The van der Waals surface area contributed by atoms with E-state index in [9.17, 15) is 0 Å². The third-order valence-electron chi connectivity index (χ3n) is 12.6. The van der Waals surface area contributed by atoms with Gasteiger partial charge in [-0.2, -0.15) is 0 Å². The molecule has 9 aromatic carbocycles. The van der Waals surface area contributed by atoms with Gasteiger partial charge in [0, 0.05) is 33.4 Å². The fraction of sp³-hybridized carbons (Fsp3) is 0.0714. The Balaban J connectivity index is 0.978. The van der Waals surface area contributed by atoms with Gasteiger partial charge in [-0.05, 0) is 92.4 Å². The van der Waals surface area contributed by atoms with Crippen LogP contribution in [0.15, 0.2) is 182 Å². The van der Waals surface area contributed by atoms with Crippen LogP contribution in [0.4, 0.5) is 0 Å². The third-order valence-corrected chi connectivity index (χ3v) is 12.6. The van der Waals surface area contributed by atoms with Crippen molar-refractivity contribution in [3.63, 3.8) is 0 Å². The smallest absolute Gasteiger partial charge is 0.138 e. The summed E-state index contributed by atoms with van der Waals surface area (Å²) in [6.07, 6.45) is 3.56. The molecule has 0 amide bonds. The van der Waals surface area contributed by atoms with Gasteiger partial charge in [0.05, 0.1) is 22.8 Å². The molecule has 0 unspecified atom stereocenters. The summed E-state index contributed by atoms with van der Waals surface area (Å²) >= 11 is 0. The molecule has 4 bridgehead atoms. The summed E-state index contributed by atoms with van der Waals surface area (Å²) in [6, 6.07) is 66.0. The van der Waals surface area contributed by atoms with Crippen molar-refractivity contribution in [3.8, 4) is 67.8 Å². The maximum absolute atomic E-state index is 5.51. The Labute approximate surface area is 348 Å². The molecule has 0 atom stereocenters. The second kappa shape index (κ2) is 14.1. The van der Waals surface area contributed by atoms with Gasteiger partial charge in [-0.25, -0.2) is 9.97 Å². The molecule has 0 saturated heterocycles. The second-order valence-electron chi connectivity index (χ2n) is 16.2. The summed E-state index contributed by atoms with van der Waals surface area (Å²) in [4.78, 5) is 18.6. The van der Waals surface area contributed by atoms with Crippen molar-refractivity contribution in [1.82, 2.24) is 19.9 Å². The zero-order valence-electron chi connectivity index (χ0n) is 33.0. The molecule has 2 heterocycles. The molecule has 2 N–H and O–H groups in total. The molecule has 4 aliphatic carbocycles. The SMILES string of the molecule is c1ccc(-c2nc(-c3cc4ccc3CCc3ccc(cc3-c3nc(-c5ccccc5)c(-c5ccc6ccc7cccc8ccc5c6c78)[nH]3)CC4)[nH]c2-c2ccccc2)cc1. The molecule has 4 aliphatic rings. The molecule has 0 radical (unpaired) electrons. The molecular weight excluding hydrogens is 729 g/mol. The predicted octanol–water partition coefficient (Wildman–Crippen LogP) is 13.9. The van der Waals surface area contributed by atoms with Gasteiger partial charge in [0.1, 0.15) is 11.6 Å². The monoisotopic (exact) mass is 768 g/mol. The molecule has 0 spiro atoms. The lowest BCUT2D eigenvalue weighted by Crippen LogP contribution is -2.03. The lowest BCUT2D eigenvalue weighted by molar-refractivity contribution is 0.921. The first kappa shape index (κ1) is 34.5. The number of benzene rings is 9. The number of imidazole rings is 2. The number of nitrogens with zero attached hydrogens (tertiary/aromatic N) is 2. The maximum atomic E-state index is 5.51. The van der Waals surface area contributed by atoms with E-state index >= 15 is 0 Å². The van der Waals surface area contributed by atoms with Crippen LogP contribution >= 0.6 is 0 Å². The van der Waals surface area contributed by atoms with Crippen LogP contribution in [-0.2, 0) is 25.7 Å². The summed E-state index contributed by atoms with van der Waals surface area (Å²) in [6.45, 7) is 0. The quantitative estimate of drug-likeness (QED) is 0.166. The van der Waals surface area contributed by atoms with E-state index in [1.54, 1.807) is 0 Å². The number of aromatic amines is 2. The molecule has 60 heavy (non-hydrogen) atoms. The van der Waals surface area contributed by atoms with Crippen LogP contribution in [0.3, 0.4) is 0 Å². The minimum Gasteiger partial charge on any atom is -0.337 e. The molecule has 0 aliphatic heterocycles. The van der Waals surface area contributed by atoms with E-state index in [4.69, 9.17) is 9.97 Å². The largest absolute Gasteiger partial charge is 0.337 e. The van der Waals surface area contributed by atoms with Crippen LogP contribution in [-0.4, -0.2) is 19.9 Å². The first-order valence-corrected chi connectivity index (χ1v) is 21.0. The normalized spacial score (nSPS) is 12.7. The Bertz CT molecular complexity index is 3290. The Morgan fingerprint density at radius 3 is 1.42 bits per heavy atom. The van der Waals surface area contributed by atoms with Gasteiger partial charge in [-0.15, -0.1) is 0 Å². The summed E-state index contributed by atoms with van der Waals surface area (Å²) in [5.41, 5.74) is 16.0. The lowest BCUT2D eigenvalue weighted by Gasteiger charge is -2.16. The number of aryl methyl sites for hydroxylation is 4. The van der Waals surface area contributed by atoms with Crippen molar-refractivity contribution in [2.45, 2.75) is 25.7 Å². The zero-order chi connectivity index (χ0) is 39.6. The molecule has 0 saturated carbocycles. The van der Waals surface area contributed by atoms with Crippen LogP contribution in [0, 0.1) is 0 Å². The fourth-order valence-corrected chi connectivity index (χ4v) is 9.57. The van der Waals surface area contributed by atoms with Crippen molar-refractivity contribution in [1.29, 1.82) is 0 Å². The molecule has 15 rings (SSSR count). The van der Waals surface area contributed by atoms with E-state index in [2.05, 4.69) is 192 Å². The highest BCUT2D eigenvalue weighted by Crippen LogP contribution is 2.43. The average Bonchev–Trinajstić information content (AvgIpc) is 3.96. The van der Waals surface area contributed by atoms with Gasteiger partial charge >= 0.3 is 0 Å². The van der Waals surface area contributed by atoms with Gasteiger partial charge in [-0.1, -0.05) is 170 Å². The van der Waals surface area contributed by atoms with Crippen LogP contribution in [0.2, 0.25) is 0 Å². The maximum Gasteiger partial charge on any atom is 0.138 e. The standard InChI is InChI=1S/C56H40N4/c1-4-11-42(12-5-1)51-52(43-13-6-2-7-14-43)58-55(57-51)47-33-35-19-20-36-22-24-38(26-25-37(47)23-21-35)48(34-36)56-59-53(44-15-8-3-9-16-44)54(60-56)46-32-30-41-28-27-39-17-10-18-40-29-31-45(46)50(41)49(39)40/h1-18,21-24,27-34H,19-20,25-26H2,(H,57,58)(H,59,60). The minimum absolute atomic E-state index is 0.856. The van der Waals surface area contributed by atoms with Crippen LogP contribution < -0.4 is 0 Å². The van der Waals surface area contributed by atoms with Crippen LogP contribution in [0.1, 0.15) is 22.3 Å². The third kappa shape index (κ3) is 5.83. The van der Waals surface area contributed by atoms with Gasteiger partial charge in [-0.3, -0.25) is 0 Å². The highest BCUT2D eigenvalue weighted by atomic mass is 14.9. The molecule has 11 aromatic rings. The van der Waals surface area contributed by atoms with Crippen LogP contribution in [0.5, 0.6) is 0 Å². The first-order valence-electron chi connectivity index (χ1n) is 21.0. The topological polar surface area (TPSA) is 57.4 Å². The van der Waals surface area contributed by atoms with E-state index in [1.165, 1.54) is 65.7 Å². The number of hydrogen-bond donors (Lipinski definition) is 2. The highest BCUT2D eigenvalue weighted by molar-refractivity contribution is 6.25. The first-order chi connectivity index (χ1) is 29.7. The van der Waals surface area contributed by atoms with E-state index < -0.39 is 0 Å². The summed E-state index contributed by atoms with van der Waals surface area (Å²) in [5, 5.41) is 7.65. The minimum atomic E-state index is 0.856. The molecule has 0 fully saturated rings. The van der Waals surface area contributed by atoms with Gasteiger partial charge in [0.15, 0.2) is 0 Å². The fourth-order valence-electron chi connectivity index (χ4n) is 9.57. The van der Waals surface area contributed by atoms with Gasteiger partial charge in [0.25, 0.3) is 0 Å². The number of rotatable bonds is 6. The predicted molar refractivity (Wildman–Crippen MR) is 248 cm³/mol. The zero-order valence-corrected chi connectivity index (χ0v) is 33.0. The van der Waals surface area contributed by atoms with E-state index in [-0.39, 0.29) is 0 Å². The van der Waals surface area contributed by atoms with Crippen molar-refractivity contribution < 1.29 is 0 Å². The van der Waals surface area contributed by atoms with E-state index in [1.807, 2.05) is 0 Å². The Hall–Kier alpha value is -7.56. The Morgan fingerprint density at radius 1 is 0.350 bits per heavy atom. The Morgan fingerprint density at radius 2 is 0.833 bits per heavy atom. The molecule has 284 valence electrons. The summed E-state index contributed by atoms with van der Waals surface area (Å²) in [5.74, 6) is 1.82. The van der Waals surface area contributed by atoms with Crippen molar-refractivity contribution >= 4 is 32.3 Å². The Kier molecular flexibility index (Phi) is 8.09. The number of hydrogen-bond acceptors (Lipinski definition) is 2. The number of nitrogens with one attached hydrogen (secondary N) is 2. The van der Waals surface area contributed by atoms with Crippen LogP contribution in [0.25, 0.3) is 100 Å². The molecule has 4 heteroatoms. The van der Waals surface area contributed by atoms with E-state index in [0.29, 0.717) is 0 Å². The number of H-pyrrole nitrogens is 2. The van der Waals surface area contributed by atoms with Crippen molar-refractivity contribution in [2.75, 3.05) is 0 Å². The molecular formula is C56H40N4. The summed E-state index contributed by atoms with van der Waals surface area (Å²) in [7, 11) is 0. The molecule has 2 aromatic heterocycles. The van der Waals surface area contributed by atoms with Crippen molar-refractivity contribution in [3.05, 3.63) is 204 Å². The lowest BCUT2D eigenvalue weighted by atomic mass is 9.90. The van der Waals surface area contributed by atoms with E-state index in [0.717, 1.165) is 82.4 Å². The highest BCUT2D eigenvalue weighted by Gasteiger charge is 2.23.